The Morgan fingerprint density at radius 3 is 2.60 bits per heavy atom. The van der Waals surface area contributed by atoms with Gasteiger partial charge in [-0.1, -0.05) is 5.21 Å². The smallest absolute Gasteiger partial charge is 0.147 e. The summed E-state index contributed by atoms with van der Waals surface area (Å²) in [6.45, 7) is 3.53. The molecule has 2 heterocycles. The Balaban J connectivity index is 2.00. The molecule has 2 rings (SSSR count). The Hall–Kier alpha value is -1.39. The zero-order valence-electron chi connectivity index (χ0n) is 9.18. The largest absolute Gasteiger partial charge is 0.355 e. The van der Waals surface area contributed by atoms with E-state index in [-0.39, 0.29) is 5.92 Å². The van der Waals surface area contributed by atoms with Crippen molar-refractivity contribution >= 4 is 11.6 Å². The summed E-state index contributed by atoms with van der Waals surface area (Å²) in [5.74, 6) is 1.61. The highest BCUT2D eigenvalue weighted by atomic mass is 16.1. The van der Waals surface area contributed by atoms with Gasteiger partial charge in [-0.2, -0.15) is 0 Å². The maximum atomic E-state index is 11.2. The molecule has 1 saturated heterocycles. The molecule has 0 spiro atoms. The highest BCUT2D eigenvalue weighted by Gasteiger charge is 2.23. The van der Waals surface area contributed by atoms with Crippen LogP contribution in [0.2, 0.25) is 0 Å². The lowest BCUT2D eigenvalue weighted by Gasteiger charge is -2.31. The van der Waals surface area contributed by atoms with Crippen molar-refractivity contribution in [1.82, 2.24) is 15.0 Å². The van der Waals surface area contributed by atoms with Crippen LogP contribution in [0.3, 0.4) is 0 Å². The SMILES string of the molecule is CC(=O)C1CCN(c2cnnn2C)CC1. The summed E-state index contributed by atoms with van der Waals surface area (Å²) < 4.78 is 1.77. The molecule has 1 aromatic rings. The van der Waals surface area contributed by atoms with Crippen LogP contribution in [-0.2, 0) is 11.8 Å². The zero-order valence-corrected chi connectivity index (χ0v) is 9.18. The van der Waals surface area contributed by atoms with E-state index in [1.165, 1.54) is 0 Å². The first kappa shape index (κ1) is 10.1. The van der Waals surface area contributed by atoms with Crippen molar-refractivity contribution in [2.24, 2.45) is 13.0 Å². The van der Waals surface area contributed by atoms with E-state index in [1.807, 2.05) is 7.05 Å². The van der Waals surface area contributed by atoms with Crippen molar-refractivity contribution < 1.29 is 4.79 Å². The van der Waals surface area contributed by atoms with Gasteiger partial charge >= 0.3 is 0 Å². The van der Waals surface area contributed by atoms with E-state index in [2.05, 4.69) is 15.2 Å². The summed E-state index contributed by atoms with van der Waals surface area (Å²) in [6, 6.07) is 0. The molecule has 1 fully saturated rings. The summed E-state index contributed by atoms with van der Waals surface area (Å²) in [7, 11) is 1.89. The fraction of sp³-hybridized carbons (Fsp3) is 0.700. The fourth-order valence-electron chi connectivity index (χ4n) is 2.09. The minimum atomic E-state index is 0.252. The van der Waals surface area contributed by atoms with Gasteiger partial charge in [0.15, 0.2) is 0 Å². The van der Waals surface area contributed by atoms with E-state index in [0.29, 0.717) is 5.78 Å². The molecule has 5 heteroatoms. The van der Waals surface area contributed by atoms with Crippen LogP contribution >= 0.6 is 0 Å². The van der Waals surface area contributed by atoms with E-state index >= 15 is 0 Å². The van der Waals surface area contributed by atoms with Crippen LogP contribution in [0, 0.1) is 5.92 Å². The van der Waals surface area contributed by atoms with Gasteiger partial charge < -0.3 is 4.90 Å². The van der Waals surface area contributed by atoms with Crippen LogP contribution in [0.4, 0.5) is 5.82 Å². The average molecular weight is 208 g/mol. The van der Waals surface area contributed by atoms with Gasteiger partial charge in [-0.15, -0.1) is 5.10 Å². The van der Waals surface area contributed by atoms with E-state index < -0.39 is 0 Å². The van der Waals surface area contributed by atoms with E-state index in [1.54, 1.807) is 17.8 Å². The van der Waals surface area contributed by atoms with Gasteiger partial charge in [0, 0.05) is 26.1 Å². The Kier molecular flexibility index (Phi) is 2.70. The summed E-state index contributed by atoms with van der Waals surface area (Å²) >= 11 is 0. The molecule has 15 heavy (non-hydrogen) atoms. The van der Waals surface area contributed by atoms with Crippen molar-refractivity contribution in [2.45, 2.75) is 19.8 Å². The number of anilines is 1. The van der Waals surface area contributed by atoms with Crippen LogP contribution in [-0.4, -0.2) is 33.9 Å². The van der Waals surface area contributed by atoms with Gasteiger partial charge in [-0.3, -0.25) is 4.79 Å². The minimum Gasteiger partial charge on any atom is -0.355 e. The molecule has 82 valence electrons. The summed E-state index contributed by atoms with van der Waals surface area (Å²) in [5, 5.41) is 7.76. The molecule has 5 nitrogen and oxygen atoms in total. The number of nitrogens with zero attached hydrogens (tertiary/aromatic N) is 4. The second-order valence-corrected chi connectivity index (χ2v) is 4.09. The summed E-state index contributed by atoms with van der Waals surface area (Å²) in [4.78, 5) is 13.4. The maximum absolute atomic E-state index is 11.2. The van der Waals surface area contributed by atoms with Crippen molar-refractivity contribution in [3.05, 3.63) is 6.20 Å². The lowest BCUT2D eigenvalue weighted by Crippen LogP contribution is -2.36. The lowest BCUT2D eigenvalue weighted by molar-refractivity contribution is -0.121. The third-order valence-corrected chi connectivity index (χ3v) is 3.08. The Morgan fingerprint density at radius 2 is 2.13 bits per heavy atom. The zero-order chi connectivity index (χ0) is 10.8. The van der Waals surface area contributed by atoms with Gasteiger partial charge in [0.2, 0.25) is 0 Å². The number of carbonyl (C=O) groups is 1. The van der Waals surface area contributed by atoms with Crippen LogP contribution in [0.25, 0.3) is 0 Å². The highest BCUT2D eigenvalue weighted by Crippen LogP contribution is 2.22. The second-order valence-electron chi connectivity index (χ2n) is 4.09. The van der Waals surface area contributed by atoms with Gasteiger partial charge in [-0.25, -0.2) is 4.68 Å². The first-order valence-corrected chi connectivity index (χ1v) is 5.28. The quantitative estimate of drug-likeness (QED) is 0.715. The number of piperidine rings is 1. The molecule has 0 aliphatic carbocycles. The number of Topliss-reactive ketones (excluding diaryl/α,β-unsaturated/α-hetero) is 1. The Bertz CT molecular complexity index is 352. The maximum Gasteiger partial charge on any atom is 0.147 e. The fourth-order valence-corrected chi connectivity index (χ4v) is 2.09. The van der Waals surface area contributed by atoms with E-state index in [9.17, 15) is 4.79 Å². The first-order valence-electron chi connectivity index (χ1n) is 5.28. The molecule has 1 aliphatic heterocycles. The number of hydrogen-bond acceptors (Lipinski definition) is 4. The Labute approximate surface area is 89.1 Å². The standard InChI is InChI=1S/C10H16N4O/c1-8(15)9-3-5-14(6-4-9)10-7-11-12-13(10)2/h7,9H,3-6H2,1-2H3. The van der Waals surface area contributed by atoms with Crippen molar-refractivity contribution in [1.29, 1.82) is 0 Å². The molecule has 1 aliphatic rings. The van der Waals surface area contributed by atoms with Crippen LogP contribution < -0.4 is 4.90 Å². The molecule has 0 radical (unpaired) electrons. The number of aromatic nitrogens is 3. The molecule has 0 bridgehead atoms. The molecule has 0 N–H and O–H groups in total. The topological polar surface area (TPSA) is 51.0 Å². The van der Waals surface area contributed by atoms with Crippen LogP contribution in [0.15, 0.2) is 6.20 Å². The number of ketones is 1. The minimum absolute atomic E-state index is 0.252. The van der Waals surface area contributed by atoms with Crippen LogP contribution in [0.1, 0.15) is 19.8 Å². The number of carbonyl (C=O) groups excluding carboxylic acids is 1. The normalized spacial score (nSPS) is 18.1. The third kappa shape index (κ3) is 2.00. The lowest BCUT2D eigenvalue weighted by atomic mass is 9.93. The monoisotopic (exact) mass is 208 g/mol. The Morgan fingerprint density at radius 1 is 1.47 bits per heavy atom. The van der Waals surface area contributed by atoms with Gasteiger partial charge in [-0.05, 0) is 19.8 Å². The summed E-state index contributed by atoms with van der Waals surface area (Å²) in [6.07, 6.45) is 3.66. The number of aryl methyl sites for hydroxylation is 1. The molecule has 1 aromatic heterocycles. The van der Waals surface area contributed by atoms with Gasteiger partial charge in [0.25, 0.3) is 0 Å². The van der Waals surface area contributed by atoms with Crippen molar-refractivity contribution in [3.8, 4) is 0 Å². The molecular weight excluding hydrogens is 192 g/mol. The summed E-state index contributed by atoms with van der Waals surface area (Å²) in [5.41, 5.74) is 0. The predicted molar refractivity (Wildman–Crippen MR) is 56.6 cm³/mol. The molecule has 0 saturated carbocycles. The number of hydrogen-bond donors (Lipinski definition) is 0. The highest BCUT2D eigenvalue weighted by molar-refractivity contribution is 5.78. The molecule has 0 amide bonds. The first-order chi connectivity index (χ1) is 7.18. The molecule has 0 atom stereocenters. The molecule has 0 aromatic carbocycles. The average Bonchev–Trinajstić information content (AvgIpc) is 2.65. The second kappa shape index (κ2) is 4.00. The van der Waals surface area contributed by atoms with E-state index in [0.717, 1.165) is 31.7 Å². The van der Waals surface area contributed by atoms with Crippen molar-refractivity contribution in [2.75, 3.05) is 18.0 Å². The van der Waals surface area contributed by atoms with Crippen LogP contribution in [0.5, 0.6) is 0 Å². The van der Waals surface area contributed by atoms with Gasteiger partial charge in [0.05, 0.1) is 6.20 Å². The molecule has 0 unspecified atom stereocenters. The molecular formula is C10H16N4O. The predicted octanol–water partition coefficient (Wildman–Crippen LogP) is 0.620. The number of rotatable bonds is 2. The van der Waals surface area contributed by atoms with Gasteiger partial charge in [0.1, 0.15) is 11.6 Å². The third-order valence-electron chi connectivity index (χ3n) is 3.08. The van der Waals surface area contributed by atoms with E-state index in [4.69, 9.17) is 0 Å². The van der Waals surface area contributed by atoms with Crippen molar-refractivity contribution in [3.63, 3.8) is 0 Å².